The molecule has 0 aliphatic carbocycles. The van der Waals surface area contributed by atoms with Gasteiger partial charge in [-0.2, -0.15) is 0 Å². The van der Waals surface area contributed by atoms with Crippen molar-refractivity contribution in [3.05, 3.63) is 163 Å². The van der Waals surface area contributed by atoms with E-state index in [4.69, 9.17) is 4.98 Å². The summed E-state index contributed by atoms with van der Waals surface area (Å²) in [7, 11) is 0. The zero-order valence-corrected chi connectivity index (χ0v) is 29.8. The van der Waals surface area contributed by atoms with Gasteiger partial charge in [-0.05, 0) is 104 Å². The number of pyridine rings is 1. The molecule has 1 heterocycles. The van der Waals surface area contributed by atoms with Gasteiger partial charge in [0, 0.05) is 34.0 Å². The lowest BCUT2D eigenvalue weighted by molar-refractivity contribution is 0.590. The molecule has 0 spiro atoms. The van der Waals surface area contributed by atoms with Crippen LogP contribution >= 0.6 is 0 Å². The molecule has 3 nitrogen and oxygen atoms in total. The second-order valence-electron chi connectivity index (χ2n) is 15.4. The Morgan fingerprint density at radius 2 is 0.840 bits per heavy atom. The predicted octanol–water partition coefficient (Wildman–Crippen LogP) is 13.5. The summed E-state index contributed by atoms with van der Waals surface area (Å²) < 4.78 is 0. The summed E-state index contributed by atoms with van der Waals surface area (Å²) in [5.74, 6) is 0.890. The second-order valence-corrected chi connectivity index (χ2v) is 15.4. The van der Waals surface area contributed by atoms with Crippen molar-refractivity contribution >= 4 is 66.6 Å². The topological polar surface area (TPSA) is 19.4 Å². The zero-order valence-electron chi connectivity index (χ0n) is 29.8. The molecule has 3 heteroatoms. The van der Waals surface area contributed by atoms with Gasteiger partial charge in [-0.15, -0.1) is 0 Å². The Labute approximate surface area is 295 Å². The molecule has 246 valence electrons. The lowest BCUT2D eigenvalue weighted by atomic mass is 9.87. The first-order valence-electron chi connectivity index (χ1n) is 17.6. The summed E-state index contributed by atoms with van der Waals surface area (Å²) in [4.78, 5) is 9.55. The molecule has 8 rings (SSSR count). The second kappa shape index (κ2) is 12.0. The lowest BCUT2D eigenvalue weighted by Crippen LogP contribution is -2.14. The van der Waals surface area contributed by atoms with E-state index in [0.29, 0.717) is 0 Å². The van der Waals surface area contributed by atoms with Gasteiger partial charge in [0.05, 0.1) is 11.4 Å². The molecule has 0 saturated heterocycles. The Balaban J connectivity index is 1.36. The van der Waals surface area contributed by atoms with E-state index in [0.717, 1.165) is 34.3 Å². The molecule has 1 aromatic heterocycles. The minimum Gasteiger partial charge on any atom is -0.310 e. The molecule has 0 radical (unpaired) electrons. The van der Waals surface area contributed by atoms with E-state index in [1.165, 1.54) is 43.4 Å². The van der Waals surface area contributed by atoms with Gasteiger partial charge in [-0.3, -0.25) is 4.90 Å². The summed E-state index contributed by atoms with van der Waals surface area (Å²) in [5, 5.41) is 7.42. The predicted molar refractivity (Wildman–Crippen MR) is 215 cm³/mol. The monoisotopic (exact) mass is 649 g/mol. The third-order valence-electron chi connectivity index (χ3n) is 9.98. The van der Waals surface area contributed by atoms with Crippen LogP contribution in [-0.2, 0) is 10.8 Å². The van der Waals surface area contributed by atoms with Crippen molar-refractivity contribution in [1.82, 2.24) is 4.98 Å². The Bertz CT molecular complexity index is 2240. The maximum atomic E-state index is 4.86. The summed E-state index contributed by atoms with van der Waals surface area (Å²) in [5.41, 5.74) is 8.40. The molecule has 0 fully saturated rings. The van der Waals surface area contributed by atoms with Crippen LogP contribution in [0.15, 0.2) is 152 Å². The van der Waals surface area contributed by atoms with Gasteiger partial charge >= 0.3 is 0 Å². The van der Waals surface area contributed by atoms with Crippen LogP contribution in [0.2, 0.25) is 0 Å². The number of hydrogen-bond acceptors (Lipinski definition) is 3. The normalized spacial score (nSPS) is 12.2. The fourth-order valence-corrected chi connectivity index (χ4v) is 7.27. The van der Waals surface area contributed by atoms with Crippen LogP contribution in [0.3, 0.4) is 0 Å². The third-order valence-corrected chi connectivity index (χ3v) is 9.98. The third kappa shape index (κ3) is 5.53. The standard InChI is InChI=1S/C47H43N3/c1-46(2,3)34-19-23-37(24-20-34)49(36-12-8-7-9-13-36)41-29-17-32-16-28-40-42(30-18-33-15-27-39(41)44(32)45(33)40)50(43-14-10-11-31-48-43)38-25-21-35(22-26-38)47(4,5)6/h7-31H,1-6H3. The maximum Gasteiger partial charge on any atom is 0.137 e. The largest absolute Gasteiger partial charge is 0.310 e. The Hall–Kier alpha value is -5.67. The van der Waals surface area contributed by atoms with E-state index in [1.807, 2.05) is 12.3 Å². The number of nitrogens with zero attached hydrogens (tertiary/aromatic N) is 3. The number of para-hydroxylation sites is 1. The molecular formula is C47H43N3. The van der Waals surface area contributed by atoms with E-state index in [9.17, 15) is 0 Å². The molecular weight excluding hydrogens is 607 g/mol. The van der Waals surface area contributed by atoms with Crippen molar-refractivity contribution < 1.29 is 0 Å². The molecule has 0 unspecified atom stereocenters. The summed E-state index contributed by atoms with van der Waals surface area (Å²) in [6, 6.07) is 53.1. The van der Waals surface area contributed by atoms with Gasteiger partial charge in [0.2, 0.25) is 0 Å². The quantitative estimate of drug-likeness (QED) is 0.167. The van der Waals surface area contributed by atoms with Crippen LogP contribution < -0.4 is 9.80 Å². The summed E-state index contributed by atoms with van der Waals surface area (Å²) in [6.45, 7) is 13.6. The maximum absolute atomic E-state index is 4.86. The molecule has 0 bridgehead atoms. The van der Waals surface area contributed by atoms with Crippen LogP contribution in [0, 0.1) is 0 Å². The molecule has 0 atom stereocenters. The van der Waals surface area contributed by atoms with Gasteiger partial charge in [-0.1, -0.05) is 126 Å². The van der Waals surface area contributed by atoms with Crippen LogP contribution in [0.1, 0.15) is 52.7 Å². The molecule has 0 aliphatic rings. The van der Waals surface area contributed by atoms with Crippen molar-refractivity contribution in [1.29, 1.82) is 0 Å². The van der Waals surface area contributed by atoms with Crippen LogP contribution in [0.5, 0.6) is 0 Å². The number of anilines is 6. The van der Waals surface area contributed by atoms with Gasteiger partial charge in [0.15, 0.2) is 0 Å². The fourth-order valence-electron chi connectivity index (χ4n) is 7.27. The Morgan fingerprint density at radius 1 is 0.400 bits per heavy atom. The van der Waals surface area contributed by atoms with Crippen LogP contribution in [0.4, 0.5) is 34.3 Å². The first kappa shape index (κ1) is 31.6. The van der Waals surface area contributed by atoms with Crippen molar-refractivity contribution in [3.63, 3.8) is 0 Å². The van der Waals surface area contributed by atoms with E-state index in [2.05, 4.69) is 191 Å². The minimum absolute atomic E-state index is 0.0708. The highest BCUT2D eigenvalue weighted by Gasteiger charge is 2.23. The molecule has 0 saturated carbocycles. The van der Waals surface area contributed by atoms with E-state index >= 15 is 0 Å². The van der Waals surface area contributed by atoms with Crippen molar-refractivity contribution in [3.8, 4) is 0 Å². The van der Waals surface area contributed by atoms with Crippen molar-refractivity contribution in [2.24, 2.45) is 0 Å². The van der Waals surface area contributed by atoms with E-state index in [-0.39, 0.29) is 10.8 Å². The first-order valence-corrected chi connectivity index (χ1v) is 17.6. The molecule has 0 amide bonds. The number of benzene rings is 7. The van der Waals surface area contributed by atoms with E-state index in [1.54, 1.807) is 0 Å². The number of hydrogen-bond donors (Lipinski definition) is 0. The average Bonchev–Trinajstić information content (AvgIpc) is 3.12. The minimum atomic E-state index is 0.0708. The van der Waals surface area contributed by atoms with Gasteiger partial charge in [0.1, 0.15) is 5.82 Å². The molecule has 7 aromatic carbocycles. The van der Waals surface area contributed by atoms with Crippen LogP contribution in [0.25, 0.3) is 32.3 Å². The smallest absolute Gasteiger partial charge is 0.137 e. The van der Waals surface area contributed by atoms with E-state index < -0.39 is 0 Å². The molecule has 50 heavy (non-hydrogen) atoms. The first-order chi connectivity index (χ1) is 24.1. The Kier molecular flexibility index (Phi) is 7.60. The highest BCUT2D eigenvalue weighted by atomic mass is 15.2. The fraction of sp³-hybridized carbons (Fsp3) is 0.170. The van der Waals surface area contributed by atoms with Gasteiger partial charge in [0.25, 0.3) is 0 Å². The number of aromatic nitrogens is 1. The Morgan fingerprint density at radius 3 is 1.32 bits per heavy atom. The molecule has 0 aliphatic heterocycles. The van der Waals surface area contributed by atoms with Gasteiger partial charge in [-0.25, -0.2) is 4.98 Å². The summed E-state index contributed by atoms with van der Waals surface area (Å²) in [6.07, 6.45) is 1.88. The average molecular weight is 650 g/mol. The lowest BCUT2D eigenvalue weighted by Gasteiger charge is -2.29. The van der Waals surface area contributed by atoms with Crippen molar-refractivity contribution in [2.45, 2.75) is 52.4 Å². The van der Waals surface area contributed by atoms with Gasteiger partial charge < -0.3 is 4.90 Å². The molecule has 0 N–H and O–H groups in total. The van der Waals surface area contributed by atoms with Crippen molar-refractivity contribution in [2.75, 3.05) is 9.80 Å². The zero-order chi connectivity index (χ0) is 34.6. The number of rotatable bonds is 6. The highest BCUT2D eigenvalue weighted by molar-refractivity contribution is 6.28. The summed E-state index contributed by atoms with van der Waals surface area (Å²) >= 11 is 0. The highest BCUT2D eigenvalue weighted by Crippen LogP contribution is 2.47. The molecule has 8 aromatic rings. The SMILES string of the molecule is CC(C)(C)c1ccc(N(c2ccccc2)c2ccc3ccc4c(N(c5ccc(C(C)(C)C)cc5)c5ccccn5)ccc5ccc2c3c54)cc1. The van der Waals surface area contributed by atoms with Crippen LogP contribution in [-0.4, -0.2) is 4.98 Å².